The Hall–Kier alpha value is -3.73. The van der Waals surface area contributed by atoms with E-state index in [0.717, 1.165) is 6.42 Å². The van der Waals surface area contributed by atoms with Crippen LogP contribution >= 0.6 is 0 Å². The third-order valence-corrected chi connectivity index (χ3v) is 5.29. The molecule has 1 aliphatic rings. The average molecular weight is 415 g/mol. The zero-order valence-corrected chi connectivity index (χ0v) is 17.0. The van der Waals surface area contributed by atoms with Crippen molar-refractivity contribution in [3.05, 3.63) is 107 Å². The number of ketones is 1. The van der Waals surface area contributed by atoms with Gasteiger partial charge in [-0.3, -0.25) is 9.59 Å². The highest BCUT2D eigenvalue weighted by Crippen LogP contribution is 2.22. The zero-order chi connectivity index (χ0) is 21.6. The quantitative estimate of drug-likeness (QED) is 0.546. The Morgan fingerprint density at radius 2 is 1.52 bits per heavy atom. The van der Waals surface area contributed by atoms with Crippen LogP contribution in [-0.4, -0.2) is 36.3 Å². The van der Waals surface area contributed by atoms with Crippen molar-refractivity contribution < 1.29 is 18.7 Å². The van der Waals surface area contributed by atoms with Gasteiger partial charge >= 0.3 is 0 Å². The van der Waals surface area contributed by atoms with Gasteiger partial charge < -0.3 is 9.64 Å². The van der Waals surface area contributed by atoms with Crippen LogP contribution in [0.3, 0.4) is 0 Å². The number of hydrogen-bond donors (Lipinski definition) is 0. The monoisotopic (exact) mass is 415 g/mol. The summed E-state index contributed by atoms with van der Waals surface area (Å²) in [6.45, 7) is 1.17. The van der Waals surface area contributed by atoms with Gasteiger partial charge in [0.2, 0.25) is 0 Å². The van der Waals surface area contributed by atoms with E-state index in [4.69, 9.17) is 4.74 Å². The maximum Gasteiger partial charge on any atom is 0.260 e. The predicted molar refractivity (Wildman–Crippen MR) is 117 cm³/mol. The van der Waals surface area contributed by atoms with E-state index in [2.05, 4.69) is 18.2 Å². The fourth-order valence-electron chi connectivity index (χ4n) is 3.52. The Morgan fingerprint density at radius 1 is 0.871 bits per heavy atom. The van der Waals surface area contributed by atoms with Gasteiger partial charge in [0, 0.05) is 24.2 Å². The van der Waals surface area contributed by atoms with Crippen LogP contribution in [-0.2, 0) is 4.79 Å². The van der Waals surface area contributed by atoms with Gasteiger partial charge in [0.05, 0.1) is 0 Å². The van der Waals surface area contributed by atoms with Crippen LogP contribution in [0, 0.1) is 5.82 Å². The van der Waals surface area contributed by atoms with Crippen LogP contribution < -0.4 is 4.74 Å². The first-order valence-corrected chi connectivity index (χ1v) is 10.2. The molecule has 0 aromatic heterocycles. The summed E-state index contributed by atoms with van der Waals surface area (Å²) in [4.78, 5) is 26.7. The number of halogens is 1. The van der Waals surface area contributed by atoms with E-state index in [1.807, 2.05) is 18.2 Å². The van der Waals surface area contributed by atoms with Gasteiger partial charge in [-0.05, 0) is 66.1 Å². The zero-order valence-electron chi connectivity index (χ0n) is 17.0. The molecule has 1 amide bonds. The van der Waals surface area contributed by atoms with E-state index >= 15 is 0 Å². The molecule has 0 aliphatic carbocycles. The van der Waals surface area contributed by atoms with Gasteiger partial charge in [-0.1, -0.05) is 36.4 Å². The largest absolute Gasteiger partial charge is 0.484 e. The first kappa shape index (κ1) is 20.5. The van der Waals surface area contributed by atoms with Gasteiger partial charge in [-0.15, -0.1) is 0 Å². The minimum absolute atomic E-state index is 0.0558. The van der Waals surface area contributed by atoms with Gasteiger partial charge in [0.15, 0.2) is 12.4 Å². The van der Waals surface area contributed by atoms with Crippen molar-refractivity contribution >= 4 is 17.3 Å². The number of amides is 1. The molecule has 3 aromatic carbocycles. The molecule has 0 radical (unpaired) electrons. The number of carbonyl (C=O) groups is 2. The predicted octanol–water partition coefficient (Wildman–Crippen LogP) is 4.75. The lowest BCUT2D eigenvalue weighted by Crippen LogP contribution is -2.37. The molecular weight excluding hydrogens is 393 g/mol. The first-order chi connectivity index (χ1) is 15.1. The molecule has 0 fully saturated rings. The summed E-state index contributed by atoms with van der Waals surface area (Å²) in [6, 6.07) is 22.2. The van der Waals surface area contributed by atoms with E-state index in [1.54, 1.807) is 29.2 Å². The summed E-state index contributed by atoms with van der Waals surface area (Å²) in [6.07, 6.45) is 2.91. The number of benzene rings is 3. The van der Waals surface area contributed by atoms with Gasteiger partial charge in [-0.25, -0.2) is 4.39 Å². The standard InChI is InChI=1S/C26H22FNO3/c27-23-10-6-21(7-11-23)26(30)22-8-12-24(13-9-22)31-18-25(29)28-16-14-20(15-17-28)19-4-2-1-3-5-19/h1-14H,15-18H2. The Balaban J connectivity index is 1.30. The van der Waals surface area contributed by atoms with Crippen LogP contribution in [0.5, 0.6) is 5.75 Å². The maximum atomic E-state index is 13.0. The number of ether oxygens (including phenoxy) is 1. The van der Waals surface area contributed by atoms with Crippen molar-refractivity contribution in [2.75, 3.05) is 19.7 Å². The number of nitrogens with zero attached hydrogens (tertiary/aromatic N) is 1. The molecule has 0 atom stereocenters. The van der Waals surface area contributed by atoms with E-state index in [0.29, 0.717) is 30.0 Å². The number of hydrogen-bond acceptors (Lipinski definition) is 3. The molecule has 0 bridgehead atoms. The van der Waals surface area contributed by atoms with Crippen molar-refractivity contribution in [3.8, 4) is 5.75 Å². The molecular formula is C26H22FNO3. The molecule has 4 nitrogen and oxygen atoms in total. The Kier molecular flexibility index (Phi) is 6.22. The maximum absolute atomic E-state index is 13.0. The normalized spacial score (nSPS) is 13.5. The molecule has 0 spiro atoms. The summed E-state index contributed by atoms with van der Waals surface area (Å²) >= 11 is 0. The highest BCUT2D eigenvalue weighted by Gasteiger charge is 2.18. The van der Waals surface area contributed by atoms with E-state index in [-0.39, 0.29) is 24.1 Å². The number of rotatable bonds is 6. The topological polar surface area (TPSA) is 46.6 Å². The summed E-state index contributed by atoms with van der Waals surface area (Å²) < 4.78 is 18.6. The Labute approximate surface area is 180 Å². The Bertz CT molecular complexity index is 1090. The third-order valence-electron chi connectivity index (χ3n) is 5.29. The molecule has 3 aromatic rings. The van der Waals surface area contributed by atoms with Crippen LogP contribution in [0.2, 0.25) is 0 Å². The van der Waals surface area contributed by atoms with E-state index < -0.39 is 0 Å². The Morgan fingerprint density at radius 3 is 2.13 bits per heavy atom. The van der Waals surface area contributed by atoms with Gasteiger partial charge in [-0.2, -0.15) is 0 Å². The lowest BCUT2D eigenvalue weighted by Gasteiger charge is -2.26. The second-order valence-corrected chi connectivity index (χ2v) is 7.33. The molecule has 5 heteroatoms. The van der Waals surface area contributed by atoms with Crippen molar-refractivity contribution in [3.63, 3.8) is 0 Å². The molecule has 0 saturated heterocycles. The first-order valence-electron chi connectivity index (χ1n) is 10.2. The molecule has 1 aliphatic heterocycles. The summed E-state index contributed by atoms with van der Waals surface area (Å²) in [5.74, 6) is -0.140. The van der Waals surface area contributed by atoms with Crippen molar-refractivity contribution in [1.29, 1.82) is 0 Å². The molecule has 1 heterocycles. The second kappa shape index (κ2) is 9.39. The lowest BCUT2D eigenvalue weighted by atomic mass is 10.00. The van der Waals surface area contributed by atoms with Crippen molar-refractivity contribution in [2.45, 2.75) is 6.42 Å². The molecule has 4 rings (SSSR count). The van der Waals surface area contributed by atoms with Crippen LogP contribution in [0.1, 0.15) is 27.9 Å². The van der Waals surface area contributed by atoms with Crippen molar-refractivity contribution in [1.82, 2.24) is 4.90 Å². The molecule has 0 unspecified atom stereocenters. The highest BCUT2D eigenvalue weighted by molar-refractivity contribution is 6.09. The SMILES string of the molecule is O=C(c1ccc(F)cc1)c1ccc(OCC(=O)N2CC=C(c3ccccc3)CC2)cc1. The highest BCUT2D eigenvalue weighted by atomic mass is 19.1. The average Bonchev–Trinajstić information content (AvgIpc) is 2.83. The molecule has 156 valence electrons. The lowest BCUT2D eigenvalue weighted by molar-refractivity contribution is -0.132. The van der Waals surface area contributed by atoms with E-state index in [1.165, 1.54) is 35.4 Å². The van der Waals surface area contributed by atoms with Crippen LogP contribution in [0.4, 0.5) is 4.39 Å². The smallest absolute Gasteiger partial charge is 0.260 e. The van der Waals surface area contributed by atoms with E-state index in [9.17, 15) is 14.0 Å². The summed E-state index contributed by atoms with van der Waals surface area (Å²) in [5, 5.41) is 0. The fourth-order valence-corrected chi connectivity index (χ4v) is 3.52. The van der Waals surface area contributed by atoms with Crippen molar-refractivity contribution in [2.24, 2.45) is 0 Å². The molecule has 0 N–H and O–H groups in total. The second-order valence-electron chi connectivity index (χ2n) is 7.33. The van der Waals surface area contributed by atoms with Crippen LogP contribution in [0.25, 0.3) is 5.57 Å². The minimum atomic E-state index is -0.384. The van der Waals surface area contributed by atoms with Gasteiger partial charge in [0.25, 0.3) is 5.91 Å². The third kappa shape index (κ3) is 5.07. The molecule has 31 heavy (non-hydrogen) atoms. The van der Waals surface area contributed by atoms with Crippen LogP contribution in [0.15, 0.2) is 84.9 Å². The summed E-state index contributed by atoms with van der Waals surface area (Å²) in [7, 11) is 0. The fraction of sp³-hybridized carbons (Fsp3) is 0.154. The van der Waals surface area contributed by atoms with Gasteiger partial charge in [0.1, 0.15) is 11.6 Å². The summed E-state index contributed by atoms with van der Waals surface area (Å²) in [5.41, 5.74) is 3.34. The minimum Gasteiger partial charge on any atom is -0.484 e. The number of carbonyl (C=O) groups excluding carboxylic acids is 2. The molecule has 0 saturated carbocycles.